The number of nitrogens with zero attached hydrogens (tertiary/aromatic N) is 4. The van der Waals surface area contributed by atoms with Gasteiger partial charge >= 0.3 is 5.97 Å². The normalized spacial score (nSPS) is 18.9. The number of likely N-dealkylation sites (N-methyl/N-ethyl adjacent to an activating group) is 1. The van der Waals surface area contributed by atoms with Crippen LogP contribution in [0, 0.1) is 5.82 Å². The zero-order chi connectivity index (χ0) is 22.0. The molecule has 1 aliphatic rings. The van der Waals surface area contributed by atoms with Crippen molar-refractivity contribution in [2.75, 3.05) is 52.3 Å². The van der Waals surface area contributed by atoms with Crippen molar-refractivity contribution in [3.05, 3.63) is 38.4 Å². The Balaban J connectivity index is 1.87. The van der Waals surface area contributed by atoms with E-state index in [2.05, 4.69) is 9.89 Å². The first-order valence-electron chi connectivity index (χ1n) is 9.86. The number of methoxy groups -OCH3 is 1. The van der Waals surface area contributed by atoms with E-state index >= 15 is 4.39 Å². The summed E-state index contributed by atoms with van der Waals surface area (Å²) in [5, 5.41) is 12.6. The van der Waals surface area contributed by atoms with E-state index in [-0.39, 0.29) is 17.0 Å². The molecule has 0 bridgehead atoms. The van der Waals surface area contributed by atoms with Crippen LogP contribution in [0.15, 0.2) is 21.2 Å². The molecule has 1 atom stereocenters. The Morgan fingerprint density at radius 2 is 2.19 bits per heavy atom. The summed E-state index contributed by atoms with van der Waals surface area (Å²) in [6.07, 6.45) is 0. The van der Waals surface area contributed by atoms with Crippen LogP contribution in [0.5, 0.6) is 0 Å². The SMILES string of the molecule is CN=c1c2c(N3CCN(C)C(COC)C3)c(F)cc3c(=O)c(C(=O)O)c4scc1n4c32. The van der Waals surface area contributed by atoms with Crippen LogP contribution in [0.2, 0.25) is 0 Å². The Morgan fingerprint density at radius 3 is 2.87 bits per heavy atom. The summed E-state index contributed by atoms with van der Waals surface area (Å²) in [5.74, 6) is -1.87. The number of carbonyl (C=O) groups is 1. The third-order valence-corrected chi connectivity index (χ3v) is 7.18. The van der Waals surface area contributed by atoms with Gasteiger partial charge in [-0.1, -0.05) is 0 Å². The number of thiazole rings is 1. The van der Waals surface area contributed by atoms with Crippen molar-refractivity contribution in [1.29, 1.82) is 0 Å². The van der Waals surface area contributed by atoms with Gasteiger partial charge in [-0.2, -0.15) is 0 Å². The molecule has 0 aliphatic carbocycles. The van der Waals surface area contributed by atoms with E-state index in [1.54, 1.807) is 23.9 Å². The number of hydrogen-bond donors (Lipinski definition) is 1. The second-order valence-electron chi connectivity index (χ2n) is 7.86. The van der Waals surface area contributed by atoms with Crippen LogP contribution < -0.4 is 15.7 Å². The first kappa shape index (κ1) is 20.1. The van der Waals surface area contributed by atoms with Crippen LogP contribution in [0.3, 0.4) is 0 Å². The van der Waals surface area contributed by atoms with E-state index in [1.165, 1.54) is 17.4 Å². The highest BCUT2D eigenvalue weighted by atomic mass is 32.1. The lowest BCUT2D eigenvalue weighted by Gasteiger charge is -2.40. The molecule has 0 amide bonds. The van der Waals surface area contributed by atoms with Crippen LogP contribution in [0.4, 0.5) is 10.1 Å². The van der Waals surface area contributed by atoms with E-state index in [9.17, 15) is 14.7 Å². The fourth-order valence-electron chi connectivity index (χ4n) is 4.75. The van der Waals surface area contributed by atoms with Crippen LogP contribution in [0.1, 0.15) is 10.4 Å². The smallest absolute Gasteiger partial charge is 0.342 e. The Kier molecular flexibility index (Phi) is 4.61. The van der Waals surface area contributed by atoms with Crippen LogP contribution in [-0.2, 0) is 4.74 Å². The molecule has 5 rings (SSSR count). The molecule has 31 heavy (non-hydrogen) atoms. The zero-order valence-corrected chi connectivity index (χ0v) is 18.1. The van der Waals surface area contributed by atoms with Crippen molar-refractivity contribution < 1.29 is 19.0 Å². The van der Waals surface area contributed by atoms with Crippen molar-refractivity contribution >= 4 is 49.6 Å². The van der Waals surface area contributed by atoms with Crippen molar-refractivity contribution in [2.45, 2.75) is 6.04 Å². The molecule has 0 spiro atoms. The van der Waals surface area contributed by atoms with E-state index in [0.29, 0.717) is 52.0 Å². The van der Waals surface area contributed by atoms with Crippen molar-refractivity contribution in [3.8, 4) is 0 Å². The van der Waals surface area contributed by atoms with Crippen LogP contribution in [-0.4, -0.2) is 73.9 Å². The van der Waals surface area contributed by atoms with Gasteiger partial charge in [-0.25, -0.2) is 9.18 Å². The molecule has 1 aliphatic heterocycles. The average molecular weight is 444 g/mol. The van der Waals surface area contributed by atoms with Gasteiger partial charge in [0.1, 0.15) is 16.2 Å². The number of piperazine rings is 1. The van der Waals surface area contributed by atoms with Crippen molar-refractivity contribution in [3.63, 3.8) is 0 Å². The van der Waals surface area contributed by atoms with E-state index in [1.807, 2.05) is 11.9 Å². The quantitative estimate of drug-likeness (QED) is 0.516. The molecular formula is C21H21FN4O4S. The van der Waals surface area contributed by atoms with Gasteiger partial charge in [-0.3, -0.25) is 19.1 Å². The monoisotopic (exact) mass is 444 g/mol. The van der Waals surface area contributed by atoms with Gasteiger partial charge in [0.2, 0.25) is 5.43 Å². The molecular weight excluding hydrogens is 423 g/mol. The molecule has 0 saturated carbocycles. The number of halogens is 1. The molecule has 3 aromatic heterocycles. The van der Waals surface area contributed by atoms with Gasteiger partial charge < -0.3 is 14.7 Å². The number of ether oxygens (including phenoxy) is 1. The van der Waals surface area contributed by atoms with Gasteiger partial charge in [0, 0.05) is 39.2 Å². The van der Waals surface area contributed by atoms with Gasteiger partial charge in [-0.05, 0) is 13.1 Å². The fraction of sp³-hybridized carbons (Fsp3) is 0.381. The number of pyridine rings is 1. The highest BCUT2D eigenvalue weighted by Crippen LogP contribution is 2.37. The van der Waals surface area contributed by atoms with Crippen LogP contribution in [0.25, 0.3) is 26.6 Å². The topological polar surface area (TPSA) is 86.8 Å². The summed E-state index contributed by atoms with van der Waals surface area (Å²) in [4.78, 5) is 33.8. The first-order chi connectivity index (χ1) is 14.9. The van der Waals surface area contributed by atoms with Crippen LogP contribution >= 0.6 is 11.3 Å². The molecule has 1 aromatic carbocycles. The summed E-state index contributed by atoms with van der Waals surface area (Å²) < 4.78 is 22.7. The predicted molar refractivity (Wildman–Crippen MR) is 118 cm³/mol. The van der Waals surface area contributed by atoms with E-state index < -0.39 is 17.2 Å². The fourth-order valence-corrected chi connectivity index (χ4v) is 5.78. The van der Waals surface area contributed by atoms with Gasteiger partial charge in [-0.15, -0.1) is 11.3 Å². The molecule has 1 N–H and O–H groups in total. The number of benzene rings is 1. The van der Waals surface area contributed by atoms with E-state index in [0.717, 1.165) is 6.54 Å². The Hall–Kier alpha value is -2.82. The number of rotatable bonds is 4. The lowest BCUT2D eigenvalue weighted by molar-refractivity contribution is 0.0697. The largest absolute Gasteiger partial charge is 0.477 e. The molecule has 4 aromatic rings. The minimum Gasteiger partial charge on any atom is -0.477 e. The summed E-state index contributed by atoms with van der Waals surface area (Å²) in [5.41, 5.74) is 0.606. The highest BCUT2D eigenvalue weighted by molar-refractivity contribution is 7.16. The molecule has 0 radical (unpaired) electrons. The number of aromatic nitrogens is 1. The zero-order valence-electron chi connectivity index (χ0n) is 17.3. The predicted octanol–water partition coefficient (Wildman–Crippen LogP) is 1.68. The molecule has 8 nitrogen and oxygen atoms in total. The molecule has 10 heteroatoms. The number of carboxylic acids is 1. The van der Waals surface area contributed by atoms with E-state index in [4.69, 9.17) is 4.74 Å². The second-order valence-corrected chi connectivity index (χ2v) is 8.72. The maximum absolute atomic E-state index is 15.6. The molecule has 1 fully saturated rings. The molecule has 1 saturated heterocycles. The number of aromatic carboxylic acids is 1. The lowest BCUT2D eigenvalue weighted by Crippen LogP contribution is -2.53. The summed E-state index contributed by atoms with van der Waals surface area (Å²) >= 11 is 1.19. The summed E-state index contributed by atoms with van der Waals surface area (Å²) in [6, 6.07) is 1.27. The van der Waals surface area contributed by atoms with Gasteiger partial charge in [0.05, 0.1) is 45.5 Å². The first-order valence-corrected chi connectivity index (χ1v) is 10.7. The molecule has 162 valence electrons. The number of hydrogen-bond acceptors (Lipinski definition) is 7. The number of carboxylic acid groups (broad SMARTS) is 1. The Morgan fingerprint density at radius 1 is 1.42 bits per heavy atom. The maximum Gasteiger partial charge on any atom is 0.342 e. The lowest BCUT2D eigenvalue weighted by atomic mass is 10.0. The third-order valence-electron chi connectivity index (χ3n) is 6.23. The standard InChI is InChI=1S/C21H21FN4O4S/c1-23-16-13-9-31-20-15(21(28)29)19(27)11-6-12(22)18(14(16)17(11)26(13)20)25-5-4-24(2)10(7-25)8-30-3/h6,9-10H,4-5,7-8H2,1-3H3,(H,28,29). The maximum atomic E-state index is 15.6. The van der Waals surface area contributed by atoms with Gasteiger partial charge in [0.15, 0.2) is 0 Å². The minimum atomic E-state index is -1.32. The average Bonchev–Trinajstić information content (AvgIpc) is 3.28. The van der Waals surface area contributed by atoms with Crippen molar-refractivity contribution in [1.82, 2.24) is 9.30 Å². The van der Waals surface area contributed by atoms with Gasteiger partial charge in [0.25, 0.3) is 0 Å². The Bertz CT molecular complexity index is 1450. The number of anilines is 1. The van der Waals surface area contributed by atoms with Crippen molar-refractivity contribution in [2.24, 2.45) is 4.99 Å². The molecule has 4 heterocycles. The second kappa shape index (κ2) is 7.11. The highest BCUT2D eigenvalue weighted by Gasteiger charge is 2.32. The summed E-state index contributed by atoms with van der Waals surface area (Å²) in [7, 11) is 5.29. The summed E-state index contributed by atoms with van der Waals surface area (Å²) in [6.45, 7) is 2.43. The molecule has 1 unspecified atom stereocenters. The minimum absolute atomic E-state index is 0.0621. The third kappa shape index (κ3) is 2.68. The Labute approximate surface area is 180 Å².